The van der Waals surface area contributed by atoms with E-state index in [1.807, 2.05) is 4.98 Å². The van der Waals surface area contributed by atoms with Crippen molar-refractivity contribution in [3.8, 4) is 0 Å². The SMILES string of the molecule is O=c1[nH]c(=O)n([C@@H]2O[C@H](COP(=O)(O)OP(=O)(O)O)[C@@H](O)[C@H]2O)cc1/C=C/Br. The number of nitrogens with one attached hydrogen (secondary N) is 1. The Morgan fingerprint density at radius 1 is 1.25 bits per heavy atom. The number of aliphatic hydroxyl groups excluding tert-OH is 2. The lowest BCUT2D eigenvalue weighted by atomic mass is 10.1. The molecule has 1 aliphatic heterocycles. The topological polar surface area (TPSA) is 218 Å². The van der Waals surface area contributed by atoms with Crippen LogP contribution in [-0.4, -0.2) is 59.4 Å². The van der Waals surface area contributed by atoms with Gasteiger partial charge in [0, 0.05) is 6.20 Å². The lowest BCUT2D eigenvalue weighted by Gasteiger charge is -2.18. The molecule has 0 spiro atoms. The van der Waals surface area contributed by atoms with Crippen LogP contribution in [0.15, 0.2) is 20.8 Å². The highest BCUT2D eigenvalue weighted by molar-refractivity contribution is 9.11. The molecule has 0 radical (unpaired) electrons. The Hall–Kier alpha value is -0.960. The molecule has 1 fully saturated rings. The van der Waals surface area contributed by atoms with Gasteiger partial charge in [0.15, 0.2) is 6.23 Å². The van der Waals surface area contributed by atoms with Gasteiger partial charge in [0.25, 0.3) is 5.56 Å². The van der Waals surface area contributed by atoms with Crippen molar-refractivity contribution in [2.45, 2.75) is 24.5 Å². The molecule has 0 aromatic carbocycles. The minimum atomic E-state index is -5.34. The number of hydrogen-bond donors (Lipinski definition) is 6. The monoisotopic (exact) mass is 508 g/mol. The molecule has 0 bridgehead atoms. The van der Waals surface area contributed by atoms with Crippen LogP contribution in [0.2, 0.25) is 0 Å². The molecule has 1 unspecified atom stereocenters. The van der Waals surface area contributed by atoms with Crippen molar-refractivity contribution in [2.24, 2.45) is 0 Å². The molecule has 158 valence electrons. The highest BCUT2D eigenvalue weighted by Crippen LogP contribution is 2.57. The highest BCUT2D eigenvalue weighted by Gasteiger charge is 2.45. The second-order valence-electron chi connectivity index (χ2n) is 5.43. The van der Waals surface area contributed by atoms with Crippen LogP contribution >= 0.6 is 31.6 Å². The number of phosphoric acid groups is 2. The molecule has 6 N–H and O–H groups in total. The fourth-order valence-corrected chi connectivity index (χ4v) is 4.18. The molecule has 1 aliphatic rings. The van der Waals surface area contributed by atoms with Gasteiger partial charge in [0.05, 0.1) is 12.2 Å². The van der Waals surface area contributed by atoms with Gasteiger partial charge in [0.1, 0.15) is 18.3 Å². The maximum atomic E-state index is 12.0. The number of nitrogens with zero attached hydrogens (tertiary/aromatic N) is 1. The number of aromatic amines is 1. The van der Waals surface area contributed by atoms with Gasteiger partial charge in [0.2, 0.25) is 0 Å². The molecular weight excluding hydrogens is 494 g/mol. The first-order chi connectivity index (χ1) is 12.8. The van der Waals surface area contributed by atoms with Crippen LogP contribution in [0.4, 0.5) is 0 Å². The fraction of sp³-hybridized carbons (Fsp3) is 0.455. The predicted molar refractivity (Wildman–Crippen MR) is 94.1 cm³/mol. The third kappa shape index (κ3) is 5.78. The largest absolute Gasteiger partial charge is 0.481 e. The zero-order valence-electron chi connectivity index (χ0n) is 13.6. The molecule has 14 nitrogen and oxygen atoms in total. The maximum Gasteiger partial charge on any atom is 0.481 e. The Kier molecular flexibility index (Phi) is 7.34. The smallest absolute Gasteiger partial charge is 0.387 e. The summed E-state index contributed by atoms with van der Waals surface area (Å²) in [6, 6.07) is 0. The van der Waals surface area contributed by atoms with Crippen molar-refractivity contribution in [2.75, 3.05) is 6.61 Å². The number of halogens is 1. The Bertz CT molecular complexity index is 954. The number of aliphatic hydroxyl groups is 2. The van der Waals surface area contributed by atoms with E-state index in [1.165, 1.54) is 11.1 Å². The molecule has 0 aliphatic carbocycles. The molecule has 5 atom stereocenters. The van der Waals surface area contributed by atoms with Gasteiger partial charge in [-0.2, -0.15) is 4.31 Å². The number of hydrogen-bond acceptors (Lipinski definition) is 9. The van der Waals surface area contributed by atoms with Gasteiger partial charge in [-0.25, -0.2) is 13.9 Å². The van der Waals surface area contributed by atoms with Crippen LogP contribution in [0.25, 0.3) is 6.08 Å². The number of aromatic nitrogens is 2. The number of ether oxygens (including phenoxy) is 1. The van der Waals surface area contributed by atoms with Crippen LogP contribution in [0.3, 0.4) is 0 Å². The Morgan fingerprint density at radius 2 is 1.89 bits per heavy atom. The first-order valence-electron chi connectivity index (χ1n) is 7.22. The molecule has 1 saturated heterocycles. The van der Waals surface area contributed by atoms with Crippen LogP contribution in [0.5, 0.6) is 0 Å². The number of rotatable bonds is 7. The van der Waals surface area contributed by atoms with E-state index < -0.39 is 58.0 Å². The van der Waals surface area contributed by atoms with Crippen LogP contribution < -0.4 is 11.2 Å². The summed E-state index contributed by atoms with van der Waals surface area (Å²) in [5, 5.41) is 20.1. The fourth-order valence-electron chi connectivity index (χ4n) is 2.30. The van der Waals surface area contributed by atoms with Crippen LogP contribution in [0.1, 0.15) is 11.8 Å². The lowest BCUT2D eigenvalue weighted by Crippen LogP contribution is -2.38. The van der Waals surface area contributed by atoms with Crippen molar-refractivity contribution in [3.63, 3.8) is 0 Å². The third-order valence-corrected chi connectivity index (χ3v) is 5.88. The van der Waals surface area contributed by atoms with Crippen molar-refractivity contribution < 1.29 is 47.6 Å². The summed E-state index contributed by atoms with van der Waals surface area (Å²) in [5.41, 5.74) is -1.68. The molecule has 2 rings (SSSR count). The first-order valence-corrected chi connectivity index (χ1v) is 11.2. The molecule has 2 heterocycles. The summed E-state index contributed by atoms with van der Waals surface area (Å²) in [6.45, 7) is -0.922. The molecule has 17 heteroatoms. The van der Waals surface area contributed by atoms with Gasteiger partial charge < -0.3 is 29.6 Å². The molecule has 0 amide bonds. The second kappa shape index (κ2) is 8.81. The summed E-state index contributed by atoms with van der Waals surface area (Å²) >= 11 is 2.96. The van der Waals surface area contributed by atoms with Crippen molar-refractivity contribution in [1.29, 1.82) is 0 Å². The van der Waals surface area contributed by atoms with Crippen LogP contribution in [0, 0.1) is 0 Å². The van der Waals surface area contributed by atoms with Crippen molar-refractivity contribution in [1.82, 2.24) is 9.55 Å². The average molecular weight is 509 g/mol. The summed E-state index contributed by atoms with van der Waals surface area (Å²) < 4.78 is 36.0. The molecule has 1 aromatic heterocycles. The summed E-state index contributed by atoms with van der Waals surface area (Å²) in [7, 11) is -10.5. The first kappa shape index (κ1) is 23.3. The van der Waals surface area contributed by atoms with E-state index in [-0.39, 0.29) is 5.56 Å². The number of H-pyrrole nitrogens is 1. The minimum Gasteiger partial charge on any atom is -0.387 e. The molecular formula is C11H15BrN2O12P2. The maximum absolute atomic E-state index is 12.0. The summed E-state index contributed by atoms with van der Waals surface area (Å²) in [6.07, 6.45) is -4.05. The normalized spacial score (nSPS) is 27.9. The Labute approximate surface area is 164 Å². The second-order valence-corrected chi connectivity index (χ2v) is 8.78. The van der Waals surface area contributed by atoms with E-state index in [4.69, 9.17) is 14.5 Å². The van der Waals surface area contributed by atoms with Crippen molar-refractivity contribution in [3.05, 3.63) is 37.6 Å². The number of phosphoric ester groups is 1. The van der Waals surface area contributed by atoms with Gasteiger partial charge in [-0.1, -0.05) is 15.9 Å². The molecule has 28 heavy (non-hydrogen) atoms. The van der Waals surface area contributed by atoms with Gasteiger partial charge in [-0.05, 0) is 11.1 Å². The zero-order chi connectivity index (χ0) is 21.3. The van der Waals surface area contributed by atoms with E-state index in [9.17, 15) is 33.8 Å². The molecule has 1 aromatic rings. The van der Waals surface area contributed by atoms with E-state index in [0.29, 0.717) is 0 Å². The van der Waals surface area contributed by atoms with Gasteiger partial charge in [-0.3, -0.25) is 18.9 Å². The minimum absolute atomic E-state index is 0.0105. The average Bonchev–Trinajstić information content (AvgIpc) is 2.82. The van der Waals surface area contributed by atoms with Crippen LogP contribution in [-0.2, 0) is 22.7 Å². The van der Waals surface area contributed by atoms with Gasteiger partial charge >= 0.3 is 21.3 Å². The van der Waals surface area contributed by atoms with Crippen molar-refractivity contribution >= 4 is 37.7 Å². The zero-order valence-corrected chi connectivity index (χ0v) is 16.9. The van der Waals surface area contributed by atoms with Gasteiger partial charge in [-0.15, -0.1) is 0 Å². The highest BCUT2D eigenvalue weighted by atomic mass is 79.9. The Balaban J connectivity index is 2.20. The van der Waals surface area contributed by atoms with E-state index in [1.54, 1.807) is 0 Å². The van der Waals surface area contributed by atoms with E-state index in [2.05, 4.69) is 24.8 Å². The Morgan fingerprint density at radius 3 is 2.46 bits per heavy atom. The van der Waals surface area contributed by atoms with E-state index >= 15 is 0 Å². The summed E-state index contributed by atoms with van der Waals surface area (Å²) in [4.78, 5) is 53.3. The predicted octanol–water partition coefficient (Wildman–Crippen LogP) is -1.25. The standard InChI is InChI=1S/C11H15BrN2O12P2/c12-2-1-5-3-14(11(18)13-9(5)17)10-8(16)7(15)6(25-10)4-24-28(22,23)26-27(19,20)21/h1-3,6-8,10,15-16H,4H2,(H,22,23)(H,13,17,18)(H2,19,20,21)/b2-1+/t6-,7-,8-,10-/m1/s1. The van der Waals surface area contributed by atoms with E-state index in [0.717, 1.165) is 10.8 Å². The third-order valence-electron chi connectivity index (χ3n) is 3.46. The molecule has 0 saturated carbocycles. The quantitative estimate of drug-likeness (QED) is 0.238. The lowest BCUT2D eigenvalue weighted by molar-refractivity contribution is -0.0542. The summed E-state index contributed by atoms with van der Waals surface area (Å²) in [5.74, 6) is 0.